The number of aromatic nitrogens is 2. The number of nitrogens with one attached hydrogen (secondary N) is 1. The first-order valence-corrected chi connectivity index (χ1v) is 8.75. The third-order valence-corrected chi connectivity index (χ3v) is 4.61. The van der Waals surface area contributed by atoms with E-state index < -0.39 is 0 Å². The molecule has 0 radical (unpaired) electrons. The van der Waals surface area contributed by atoms with Gasteiger partial charge in [-0.05, 0) is 24.8 Å². The fourth-order valence-electron chi connectivity index (χ4n) is 3.04. The second-order valence-corrected chi connectivity index (χ2v) is 6.65. The van der Waals surface area contributed by atoms with E-state index in [-0.39, 0.29) is 0 Å². The van der Waals surface area contributed by atoms with Gasteiger partial charge < -0.3 is 19.7 Å². The predicted molar refractivity (Wildman–Crippen MR) is 100 cm³/mol. The number of piperidine rings is 1. The van der Waals surface area contributed by atoms with Crippen molar-refractivity contribution in [2.75, 3.05) is 37.5 Å². The SMILES string of the molecule is COc1cc(Nc2ccnc(N3CCCC(C)C3)n2)c(OC)cc1Cl. The molecular formula is C18H23ClN4O2. The molecule has 134 valence electrons. The lowest BCUT2D eigenvalue weighted by Crippen LogP contribution is -2.35. The van der Waals surface area contributed by atoms with Crippen LogP contribution in [0.25, 0.3) is 0 Å². The number of benzene rings is 1. The first-order chi connectivity index (χ1) is 12.1. The van der Waals surface area contributed by atoms with Gasteiger partial charge in [0.05, 0.1) is 24.9 Å². The van der Waals surface area contributed by atoms with Gasteiger partial charge in [-0.1, -0.05) is 18.5 Å². The Kier molecular flexibility index (Phi) is 5.48. The summed E-state index contributed by atoms with van der Waals surface area (Å²) in [5.41, 5.74) is 0.736. The molecule has 0 spiro atoms. The largest absolute Gasteiger partial charge is 0.495 e. The van der Waals surface area contributed by atoms with E-state index >= 15 is 0 Å². The molecule has 7 heteroatoms. The first kappa shape index (κ1) is 17.6. The molecule has 6 nitrogen and oxygen atoms in total. The molecule has 0 aliphatic carbocycles. The van der Waals surface area contributed by atoms with Crippen LogP contribution in [-0.4, -0.2) is 37.3 Å². The second kappa shape index (κ2) is 7.78. The molecule has 1 atom stereocenters. The summed E-state index contributed by atoms with van der Waals surface area (Å²) in [7, 11) is 3.18. The minimum atomic E-state index is 0.496. The number of nitrogens with zero attached hydrogens (tertiary/aromatic N) is 3. The minimum Gasteiger partial charge on any atom is -0.495 e. The Morgan fingerprint density at radius 2 is 2.04 bits per heavy atom. The maximum atomic E-state index is 6.16. The van der Waals surface area contributed by atoms with Gasteiger partial charge in [0.25, 0.3) is 0 Å². The number of hydrogen-bond acceptors (Lipinski definition) is 6. The van der Waals surface area contributed by atoms with Gasteiger partial charge in [0.1, 0.15) is 17.3 Å². The summed E-state index contributed by atoms with van der Waals surface area (Å²) in [6.45, 7) is 4.24. The zero-order valence-corrected chi connectivity index (χ0v) is 15.5. The Labute approximate surface area is 153 Å². The molecule has 1 N–H and O–H groups in total. The number of hydrogen-bond donors (Lipinski definition) is 1. The summed E-state index contributed by atoms with van der Waals surface area (Å²) in [4.78, 5) is 11.3. The van der Waals surface area contributed by atoms with Crippen LogP contribution in [0.3, 0.4) is 0 Å². The summed E-state index contributed by atoms with van der Waals surface area (Å²) in [5.74, 6) is 3.30. The molecule has 1 aliphatic heterocycles. The Morgan fingerprint density at radius 1 is 1.24 bits per heavy atom. The van der Waals surface area contributed by atoms with Crippen molar-refractivity contribution in [1.82, 2.24) is 9.97 Å². The van der Waals surface area contributed by atoms with E-state index in [2.05, 4.69) is 27.1 Å². The van der Waals surface area contributed by atoms with Crippen LogP contribution in [0, 0.1) is 5.92 Å². The summed E-state index contributed by atoms with van der Waals surface area (Å²) in [5, 5.41) is 3.77. The van der Waals surface area contributed by atoms with Crippen LogP contribution in [0.5, 0.6) is 11.5 Å². The Bertz CT molecular complexity index is 741. The molecule has 0 saturated carbocycles. The van der Waals surface area contributed by atoms with Crippen molar-refractivity contribution in [3.05, 3.63) is 29.4 Å². The summed E-state index contributed by atoms with van der Waals surface area (Å²) >= 11 is 6.16. The van der Waals surface area contributed by atoms with Crippen molar-refractivity contribution < 1.29 is 9.47 Å². The van der Waals surface area contributed by atoms with Gasteiger partial charge in [-0.3, -0.25) is 0 Å². The molecule has 0 amide bonds. The molecule has 25 heavy (non-hydrogen) atoms. The number of methoxy groups -OCH3 is 2. The molecule has 2 heterocycles. The van der Waals surface area contributed by atoms with E-state index in [4.69, 9.17) is 21.1 Å². The molecule has 1 unspecified atom stereocenters. The Morgan fingerprint density at radius 3 is 2.76 bits per heavy atom. The monoisotopic (exact) mass is 362 g/mol. The number of rotatable bonds is 5. The van der Waals surface area contributed by atoms with Gasteiger partial charge in [0.2, 0.25) is 5.95 Å². The fourth-order valence-corrected chi connectivity index (χ4v) is 3.27. The number of halogens is 1. The van der Waals surface area contributed by atoms with Crippen molar-refractivity contribution in [3.8, 4) is 11.5 Å². The lowest BCUT2D eigenvalue weighted by atomic mass is 10.0. The minimum absolute atomic E-state index is 0.496. The summed E-state index contributed by atoms with van der Waals surface area (Å²) in [6, 6.07) is 5.35. The Hall–Kier alpha value is -2.21. The number of anilines is 3. The number of ether oxygens (including phenoxy) is 2. The third kappa shape index (κ3) is 4.07. The van der Waals surface area contributed by atoms with E-state index in [9.17, 15) is 0 Å². The maximum absolute atomic E-state index is 6.16. The molecule has 1 aromatic carbocycles. The normalized spacial score (nSPS) is 17.3. The highest BCUT2D eigenvalue weighted by Crippen LogP contribution is 2.37. The van der Waals surface area contributed by atoms with Crippen molar-refractivity contribution in [2.24, 2.45) is 5.92 Å². The van der Waals surface area contributed by atoms with E-state index in [0.29, 0.717) is 28.3 Å². The zero-order valence-electron chi connectivity index (χ0n) is 14.8. The highest BCUT2D eigenvalue weighted by atomic mass is 35.5. The Balaban J connectivity index is 1.85. The van der Waals surface area contributed by atoms with Crippen LogP contribution in [0.15, 0.2) is 24.4 Å². The summed E-state index contributed by atoms with van der Waals surface area (Å²) in [6.07, 6.45) is 4.20. The zero-order chi connectivity index (χ0) is 17.8. The van der Waals surface area contributed by atoms with Gasteiger partial charge in [-0.2, -0.15) is 4.98 Å². The van der Waals surface area contributed by atoms with Crippen molar-refractivity contribution >= 4 is 29.1 Å². The van der Waals surface area contributed by atoms with Gasteiger partial charge >= 0.3 is 0 Å². The molecule has 1 aliphatic rings. The lowest BCUT2D eigenvalue weighted by molar-refractivity contribution is 0.405. The highest BCUT2D eigenvalue weighted by molar-refractivity contribution is 6.32. The average Bonchev–Trinajstić information content (AvgIpc) is 2.63. The van der Waals surface area contributed by atoms with Crippen LogP contribution in [-0.2, 0) is 0 Å². The molecule has 0 bridgehead atoms. The lowest BCUT2D eigenvalue weighted by Gasteiger charge is -2.31. The van der Waals surface area contributed by atoms with E-state index in [1.807, 2.05) is 6.07 Å². The smallest absolute Gasteiger partial charge is 0.227 e. The van der Waals surface area contributed by atoms with E-state index in [0.717, 1.165) is 24.7 Å². The van der Waals surface area contributed by atoms with Crippen molar-refractivity contribution in [1.29, 1.82) is 0 Å². The van der Waals surface area contributed by atoms with E-state index in [1.165, 1.54) is 12.8 Å². The third-order valence-electron chi connectivity index (χ3n) is 4.32. The summed E-state index contributed by atoms with van der Waals surface area (Å²) < 4.78 is 10.7. The van der Waals surface area contributed by atoms with Crippen LogP contribution >= 0.6 is 11.6 Å². The van der Waals surface area contributed by atoms with Crippen LogP contribution in [0.2, 0.25) is 5.02 Å². The van der Waals surface area contributed by atoms with Gasteiger partial charge in [-0.15, -0.1) is 0 Å². The highest BCUT2D eigenvalue weighted by Gasteiger charge is 2.19. The molecular weight excluding hydrogens is 340 g/mol. The topological polar surface area (TPSA) is 59.5 Å². The van der Waals surface area contributed by atoms with Crippen LogP contribution in [0.1, 0.15) is 19.8 Å². The maximum Gasteiger partial charge on any atom is 0.227 e. The van der Waals surface area contributed by atoms with Gasteiger partial charge in [0, 0.05) is 31.4 Å². The fraction of sp³-hybridized carbons (Fsp3) is 0.444. The van der Waals surface area contributed by atoms with Gasteiger partial charge in [0.15, 0.2) is 0 Å². The van der Waals surface area contributed by atoms with Crippen molar-refractivity contribution in [2.45, 2.75) is 19.8 Å². The first-order valence-electron chi connectivity index (χ1n) is 8.37. The van der Waals surface area contributed by atoms with Crippen LogP contribution < -0.4 is 19.7 Å². The average molecular weight is 363 g/mol. The molecule has 1 saturated heterocycles. The molecule has 2 aromatic rings. The second-order valence-electron chi connectivity index (χ2n) is 6.25. The molecule has 3 rings (SSSR count). The van der Waals surface area contributed by atoms with E-state index in [1.54, 1.807) is 32.5 Å². The molecule has 1 aromatic heterocycles. The van der Waals surface area contributed by atoms with Crippen molar-refractivity contribution in [3.63, 3.8) is 0 Å². The van der Waals surface area contributed by atoms with Gasteiger partial charge in [-0.25, -0.2) is 4.98 Å². The quantitative estimate of drug-likeness (QED) is 0.863. The molecule has 1 fully saturated rings. The predicted octanol–water partition coefficient (Wildman–Crippen LogP) is 4.13. The van der Waals surface area contributed by atoms with Crippen LogP contribution in [0.4, 0.5) is 17.5 Å². The standard InChI is InChI=1S/C18H23ClN4O2/c1-12-5-4-8-23(11-12)18-20-7-6-17(22-18)21-14-10-15(24-2)13(19)9-16(14)25-3/h6-7,9-10,12H,4-5,8,11H2,1-3H3,(H,20,21,22).